The van der Waals surface area contributed by atoms with Crippen LogP contribution in [0.15, 0.2) is 59.8 Å². The minimum atomic E-state index is -0.517. The number of cyclic esters (lactones) is 1. The van der Waals surface area contributed by atoms with Gasteiger partial charge in [-0.05, 0) is 34.4 Å². The second-order valence-corrected chi connectivity index (χ2v) is 8.19. The highest BCUT2D eigenvalue weighted by atomic mass is 32.1. The van der Waals surface area contributed by atoms with Crippen LogP contribution in [0.5, 0.6) is 0 Å². The van der Waals surface area contributed by atoms with Gasteiger partial charge in [0.2, 0.25) is 5.91 Å². The Bertz CT molecular complexity index is 837. The molecule has 4 rings (SSSR count). The molecule has 2 aromatic rings. The molecule has 0 aliphatic carbocycles. The fourth-order valence-corrected chi connectivity index (χ4v) is 4.96. The number of nitrogens with zero attached hydrogens (tertiary/aromatic N) is 2. The molecule has 3 atom stereocenters. The molecule has 0 unspecified atom stereocenters. The van der Waals surface area contributed by atoms with E-state index in [1.165, 1.54) is 10.5 Å². The third kappa shape index (κ3) is 3.75. The first-order valence-electron chi connectivity index (χ1n) is 9.56. The normalized spacial score (nSPS) is 25.1. The number of hydrogen-bond donors (Lipinski definition) is 0. The van der Waals surface area contributed by atoms with Gasteiger partial charge in [-0.25, -0.2) is 9.69 Å². The van der Waals surface area contributed by atoms with E-state index in [0.717, 1.165) is 18.7 Å². The summed E-state index contributed by atoms with van der Waals surface area (Å²) in [6, 6.07) is 11.8. The van der Waals surface area contributed by atoms with Gasteiger partial charge in [0.05, 0.1) is 12.0 Å². The number of amides is 2. The van der Waals surface area contributed by atoms with E-state index in [0.29, 0.717) is 13.0 Å². The predicted octanol–water partition coefficient (Wildman–Crippen LogP) is 3.54. The molecule has 2 fully saturated rings. The van der Waals surface area contributed by atoms with Crippen LogP contribution >= 0.6 is 11.3 Å². The van der Waals surface area contributed by atoms with E-state index in [-0.39, 0.29) is 30.4 Å². The number of rotatable bonds is 6. The van der Waals surface area contributed by atoms with Gasteiger partial charge in [-0.3, -0.25) is 9.69 Å². The summed E-state index contributed by atoms with van der Waals surface area (Å²) in [5.74, 6) is -0.283. The van der Waals surface area contributed by atoms with E-state index in [2.05, 4.69) is 22.9 Å². The van der Waals surface area contributed by atoms with Crippen molar-refractivity contribution < 1.29 is 14.3 Å². The van der Waals surface area contributed by atoms with Gasteiger partial charge in [-0.1, -0.05) is 36.4 Å². The van der Waals surface area contributed by atoms with Crippen molar-refractivity contribution in [2.75, 3.05) is 26.2 Å². The predicted molar refractivity (Wildman–Crippen MR) is 109 cm³/mol. The second-order valence-electron chi connectivity index (χ2n) is 7.41. The maximum absolute atomic E-state index is 13.5. The van der Waals surface area contributed by atoms with Crippen molar-refractivity contribution >= 4 is 23.3 Å². The van der Waals surface area contributed by atoms with Crippen molar-refractivity contribution in [1.29, 1.82) is 0 Å². The van der Waals surface area contributed by atoms with E-state index in [4.69, 9.17) is 4.74 Å². The van der Waals surface area contributed by atoms with Gasteiger partial charge >= 0.3 is 6.09 Å². The topological polar surface area (TPSA) is 49.9 Å². The summed E-state index contributed by atoms with van der Waals surface area (Å²) in [7, 11) is 0. The fourth-order valence-electron chi connectivity index (χ4n) is 4.24. The van der Waals surface area contributed by atoms with Crippen molar-refractivity contribution in [1.82, 2.24) is 9.80 Å². The molecular formula is C22H24N2O3S. The molecule has 3 heterocycles. The lowest BCUT2D eigenvalue weighted by atomic mass is 9.89. The molecule has 146 valence electrons. The summed E-state index contributed by atoms with van der Waals surface area (Å²) in [6.45, 7) is 6.24. The van der Waals surface area contributed by atoms with Gasteiger partial charge in [0.15, 0.2) is 0 Å². The molecule has 28 heavy (non-hydrogen) atoms. The lowest BCUT2D eigenvalue weighted by Gasteiger charge is -2.25. The summed E-state index contributed by atoms with van der Waals surface area (Å²) in [5.41, 5.74) is 2.26. The Morgan fingerprint density at radius 2 is 2.07 bits per heavy atom. The Morgan fingerprint density at radius 3 is 2.79 bits per heavy atom. The van der Waals surface area contributed by atoms with Crippen LogP contribution in [0.3, 0.4) is 0 Å². The molecule has 2 aliphatic heterocycles. The monoisotopic (exact) mass is 396 g/mol. The lowest BCUT2D eigenvalue weighted by molar-refractivity contribution is -0.133. The first-order valence-corrected chi connectivity index (χ1v) is 10.5. The molecule has 2 amide bonds. The van der Waals surface area contributed by atoms with Crippen LogP contribution in [0.1, 0.15) is 17.0 Å². The van der Waals surface area contributed by atoms with Crippen LogP contribution in [0, 0.1) is 5.92 Å². The van der Waals surface area contributed by atoms with E-state index < -0.39 is 6.09 Å². The minimum Gasteiger partial charge on any atom is -0.447 e. The summed E-state index contributed by atoms with van der Waals surface area (Å²) >= 11 is 1.63. The maximum atomic E-state index is 13.5. The highest BCUT2D eigenvalue weighted by Gasteiger charge is 2.46. The number of ether oxygens (including phenoxy) is 1. The van der Waals surface area contributed by atoms with Crippen LogP contribution < -0.4 is 0 Å². The molecule has 0 bridgehead atoms. The zero-order valence-corrected chi connectivity index (χ0v) is 16.5. The van der Waals surface area contributed by atoms with Crippen molar-refractivity contribution in [3.8, 4) is 0 Å². The van der Waals surface area contributed by atoms with E-state index in [1.54, 1.807) is 11.3 Å². The number of carbonyl (C=O) groups excluding carboxylic acids is 2. The number of likely N-dealkylation sites (tertiary alicyclic amines) is 1. The molecule has 2 aliphatic rings. The first-order chi connectivity index (χ1) is 13.7. The van der Waals surface area contributed by atoms with E-state index in [9.17, 15) is 9.59 Å². The summed E-state index contributed by atoms with van der Waals surface area (Å²) in [6.07, 6.45) is 1.96. The highest BCUT2D eigenvalue weighted by molar-refractivity contribution is 7.08. The Hall–Kier alpha value is -2.44. The number of hydrogen-bond acceptors (Lipinski definition) is 5. The summed E-state index contributed by atoms with van der Waals surface area (Å²) in [4.78, 5) is 29.5. The molecule has 0 spiro atoms. The van der Waals surface area contributed by atoms with Gasteiger partial charge in [0.1, 0.15) is 6.61 Å². The van der Waals surface area contributed by atoms with Gasteiger partial charge in [0.25, 0.3) is 0 Å². The Balaban J connectivity index is 1.56. The lowest BCUT2D eigenvalue weighted by Crippen LogP contribution is -2.45. The minimum absolute atomic E-state index is 0.0875. The molecule has 1 aromatic heterocycles. The van der Waals surface area contributed by atoms with Crippen LogP contribution in [0.4, 0.5) is 4.79 Å². The zero-order chi connectivity index (χ0) is 19.5. The Kier molecular flexibility index (Phi) is 5.59. The van der Waals surface area contributed by atoms with Gasteiger partial charge < -0.3 is 4.74 Å². The number of thiophene rings is 1. The molecule has 0 radical (unpaired) electrons. The van der Waals surface area contributed by atoms with Crippen molar-refractivity contribution in [3.05, 3.63) is 70.9 Å². The average molecular weight is 397 g/mol. The van der Waals surface area contributed by atoms with Crippen molar-refractivity contribution in [3.63, 3.8) is 0 Å². The summed E-state index contributed by atoms with van der Waals surface area (Å²) in [5, 5.41) is 4.14. The third-order valence-corrected chi connectivity index (χ3v) is 6.29. The SMILES string of the molecule is C=CCN1C[C@H](C(=O)N2C(=O)OC[C@@H]2Cc2ccccc2)[C@@H](c2ccsc2)C1. The standard InChI is InChI=1S/C22H24N2O3S/c1-2-9-23-12-19(17-8-10-28-15-17)20(13-23)21(25)24-18(14-27-22(24)26)11-16-6-4-3-5-7-16/h2-8,10,15,18-20H,1,9,11-14H2/t18-,19+,20-/m0/s1. The van der Waals surface area contributed by atoms with Crippen LogP contribution in [-0.4, -0.2) is 54.1 Å². The second kappa shape index (κ2) is 8.29. The van der Waals surface area contributed by atoms with Gasteiger partial charge in [0, 0.05) is 25.6 Å². The molecule has 1 aromatic carbocycles. The van der Waals surface area contributed by atoms with Gasteiger partial charge in [-0.2, -0.15) is 11.3 Å². The number of benzene rings is 1. The molecule has 2 saturated heterocycles. The molecular weight excluding hydrogens is 372 g/mol. The van der Waals surface area contributed by atoms with E-state index >= 15 is 0 Å². The highest BCUT2D eigenvalue weighted by Crippen LogP contribution is 2.36. The largest absolute Gasteiger partial charge is 0.447 e. The molecule has 0 N–H and O–H groups in total. The smallest absolute Gasteiger partial charge is 0.416 e. The average Bonchev–Trinajstić information content (AvgIpc) is 3.43. The third-order valence-electron chi connectivity index (χ3n) is 5.58. The number of carbonyl (C=O) groups is 2. The molecule has 6 heteroatoms. The quantitative estimate of drug-likeness (QED) is 0.701. The fraction of sp³-hybridized carbons (Fsp3) is 0.364. The summed E-state index contributed by atoms with van der Waals surface area (Å²) < 4.78 is 5.27. The number of imide groups is 1. The van der Waals surface area contributed by atoms with Crippen LogP contribution in [-0.2, 0) is 16.0 Å². The van der Waals surface area contributed by atoms with Crippen LogP contribution in [0.25, 0.3) is 0 Å². The Morgan fingerprint density at radius 1 is 1.25 bits per heavy atom. The van der Waals surface area contributed by atoms with Crippen molar-refractivity contribution in [2.24, 2.45) is 5.92 Å². The first kappa shape index (κ1) is 18.9. The maximum Gasteiger partial charge on any atom is 0.416 e. The van der Waals surface area contributed by atoms with E-state index in [1.807, 2.05) is 41.8 Å². The van der Waals surface area contributed by atoms with Gasteiger partial charge in [-0.15, -0.1) is 6.58 Å². The van der Waals surface area contributed by atoms with Crippen LogP contribution in [0.2, 0.25) is 0 Å². The van der Waals surface area contributed by atoms with Crippen molar-refractivity contribution in [2.45, 2.75) is 18.4 Å². The zero-order valence-electron chi connectivity index (χ0n) is 15.7. The molecule has 0 saturated carbocycles. The molecule has 5 nitrogen and oxygen atoms in total. The Labute approximate surface area is 169 Å².